The maximum absolute atomic E-state index is 2.16. The SMILES string of the molecule is c1ccc([13CH2]c2ccccc2)cc1. The van der Waals surface area contributed by atoms with Crippen molar-refractivity contribution in [1.82, 2.24) is 0 Å². The van der Waals surface area contributed by atoms with Gasteiger partial charge < -0.3 is 0 Å². The maximum Gasteiger partial charge on any atom is -0.00258 e. The second-order valence-corrected chi connectivity index (χ2v) is 3.15. The minimum atomic E-state index is 1.03. The van der Waals surface area contributed by atoms with E-state index in [0.717, 1.165) is 6.42 Å². The van der Waals surface area contributed by atoms with E-state index >= 15 is 0 Å². The summed E-state index contributed by atoms with van der Waals surface area (Å²) < 4.78 is 0. The number of rotatable bonds is 2. The average molecular weight is 169 g/mol. The van der Waals surface area contributed by atoms with Gasteiger partial charge in [-0.25, -0.2) is 0 Å². The van der Waals surface area contributed by atoms with Gasteiger partial charge in [0.15, 0.2) is 0 Å². The Hall–Kier alpha value is -1.56. The van der Waals surface area contributed by atoms with Gasteiger partial charge in [0.1, 0.15) is 0 Å². The minimum Gasteiger partial charge on any atom is -0.0622 e. The third kappa shape index (κ3) is 2.19. The molecule has 2 aromatic rings. The van der Waals surface area contributed by atoms with Crippen molar-refractivity contribution in [2.75, 3.05) is 0 Å². The molecule has 0 saturated heterocycles. The minimum absolute atomic E-state index is 1.03. The molecule has 0 bridgehead atoms. The van der Waals surface area contributed by atoms with Gasteiger partial charge in [-0.3, -0.25) is 0 Å². The molecule has 2 rings (SSSR count). The molecule has 0 aliphatic carbocycles. The highest BCUT2D eigenvalue weighted by Gasteiger charge is 1.92. The standard InChI is InChI=1S/C13H12/c1-3-7-12(8-4-1)11-13-9-5-2-6-10-13/h1-10H,11H2/i11+1. The van der Waals surface area contributed by atoms with Gasteiger partial charge in [-0.15, -0.1) is 0 Å². The fraction of sp³-hybridized carbons (Fsp3) is 0.0769. The highest BCUT2D eigenvalue weighted by Crippen LogP contribution is 2.07. The van der Waals surface area contributed by atoms with Crippen molar-refractivity contribution in [1.29, 1.82) is 0 Å². The molecule has 0 saturated carbocycles. The van der Waals surface area contributed by atoms with E-state index in [1.54, 1.807) is 0 Å². The van der Waals surface area contributed by atoms with Crippen molar-refractivity contribution in [3.8, 4) is 0 Å². The van der Waals surface area contributed by atoms with Crippen molar-refractivity contribution >= 4 is 0 Å². The molecule has 13 heavy (non-hydrogen) atoms. The van der Waals surface area contributed by atoms with E-state index in [9.17, 15) is 0 Å². The van der Waals surface area contributed by atoms with Crippen LogP contribution in [-0.2, 0) is 6.42 Å². The lowest BCUT2D eigenvalue weighted by atomic mass is 10.2. The maximum atomic E-state index is 2.16. The molecule has 0 nitrogen and oxygen atoms in total. The molecule has 64 valence electrons. The predicted molar refractivity (Wildman–Crippen MR) is 55.7 cm³/mol. The largest absolute Gasteiger partial charge is 0.0622 e. The van der Waals surface area contributed by atoms with Gasteiger partial charge in [0.05, 0.1) is 0 Å². The topological polar surface area (TPSA) is 0 Å². The third-order valence-electron chi connectivity index (χ3n) is 2.09. The summed E-state index contributed by atoms with van der Waals surface area (Å²) in [4.78, 5) is 0. The van der Waals surface area contributed by atoms with Crippen LogP contribution in [0, 0.1) is 0 Å². The molecule has 2 aromatic carbocycles. The molecule has 0 fully saturated rings. The molecule has 0 aromatic heterocycles. The first-order valence-corrected chi connectivity index (χ1v) is 4.53. The van der Waals surface area contributed by atoms with Crippen LogP contribution in [0.3, 0.4) is 0 Å². The van der Waals surface area contributed by atoms with Crippen LogP contribution in [0.2, 0.25) is 0 Å². The highest BCUT2D eigenvalue weighted by atomic mass is 14.3. The lowest BCUT2D eigenvalue weighted by molar-refractivity contribution is 1.19. The predicted octanol–water partition coefficient (Wildman–Crippen LogP) is 3.28. The zero-order valence-corrected chi connectivity index (χ0v) is 7.48. The summed E-state index contributed by atoms with van der Waals surface area (Å²) in [7, 11) is 0. The summed E-state index contributed by atoms with van der Waals surface area (Å²) in [6.45, 7) is 0. The van der Waals surface area contributed by atoms with Crippen LogP contribution in [0.5, 0.6) is 0 Å². The van der Waals surface area contributed by atoms with Crippen LogP contribution < -0.4 is 0 Å². The quantitative estimate of drug-likeness (QED) is 0.605. The van der Waals surface area contributed by atoms with Crippen LogP contribution in [-0.4, -0.2) is 0 Å². The fourth-order valence-electron chi connectivity index (χ4n) is 1.43. The summed E-state index contributed by atoms with van der Waals surface area (Å²) >= 11 is 0. The molecule has 0 radical (unpaired) electrons. The molecular weight excluding hydrogens is 157 g/mol. The van der Waals surface area contributed by atoms with Crippen molar-refractivity contribution in [3.63, 3.8) is 0 Å². The third-order valence-corrected chi connectivity index (χ3v) is 2.09. The van der Waals surface area contributed by atoms with Gasteiger partial charge in [-0.1, -0.05) is 60.7 Å². The molecule has 0 aliphatic heterocycles. The Balaban J connectivity index is 2.16. The van der Waals surface area contributed by atoms with E-state index in [-0.39, 0.29) is 0 Å². The van der Waals surface area contributed by atoms with Crippen LogP contribution in [0.4, 0.5) is 0 Å². The Bertz CT molecular complexity index is 311. The van der Waals surface area contributed by atoms with Crippen molar-refractivity contribution < 1.29 is 0 Å². The first-order chi connectivity index (χ1) is 6.45. The summed E-state index contributed by atoms with van der Waals surface area (Å²) in [5, 5.41) is 0. The van der Waals surface area contributed by atoms with E-state index in [1.165, 1.54) is 11.1 Å². The van der Waals surface area contributed by atoms with E-state index < -0.39 is 0 Å². The summed E-state index contributed by atoms with van der Waals surface area (Å²) in [5.41, 5.74) is 2.74. The zero-order chi connectivity index (χ0) is 8.93. The lowest BCUT2D eigenvalue weighted by Gasteiger charge is -2.00. The molecule has 0 heteroatoms. The van der Waals surface area contributed by atoms with Crippen molar-refractivity contribution in [2.24, 2.45) is 0 Å². The summed E-state index contributed by atoms with van der Waals surface area (Å²) in [5.74, 6) is 0. The molecular formula is C13H12. The number of hydrogen-bond donors (Lipinski definition) is 0. The Morgan fingerprint density at radius 2 is 0.923 bits per heavy atom. The second kappa shape index (κ2) is 3.90. The first kappa shape index (κ1) is 8.06. The van der Waals surface area contributed by atoms with E-state index in [4.69, 9.17) is 0 Å². The number of benzene rings is 2. The zero-order valence-electron chi connectivity index (χ0n) is 7.48. The highest BCUT2D eigenvalue weighted by molar-refractivity contribution is 5.25. The summed E-state index contributed by atoms with van der Waals surface area (Å²) in [6.07, 6.45) is 1.03. The van der Waals surface area contributed by atoms with Gasteiger partial charge in [-0.05, 0) is 17.5 Å². The Morgan fingerprint density at radius 1 is 0.538 bits per heavy atom. The molecule has 0 heterocycles. The molecule has 0 N–H and O–H groups in total. The van der Waals surface area contributed by atoms with Crippen LogP contribution >= 0.6 is 0 Å². The van der Waals surface area contributed by atoms with Gasteiger partial charge in [0, 0.05) is 0 Å². The van der Waals surface area contributed by atoms with Gasteiger partial charge in [0.25, 0.3) is 0 Å². The average Bonchev–Trinajstić information content (AvgIpc) is 2.21. The Morgan fingerprint density at radius 3 is 1.31 bits per heavy atom. The van der Waals surface area contributed by atoms with Crippen molar-refractivity contribution in [2.45, 2.75) is 6.42 Å². The molecule has 0 atom stereocenters. The second-order valence-electron chi connectivity index (χ2n) is 3.15. The normalized spacial score (nSPS) is 9.85. The Kier molecular flexibility index (Phi) is 2.42. The first-order valence-electron chi connectivity index (χ1n) is 4.53. The van der Waals surface area contributed by atoms with E-state index in [1.807, 2.05) is 0 Å². The number of hydrogen-bond acceptors (Lipinski definition) is 0. The molecule has 0 spiro atoms. The molecule has 0 unspecified atom stereocenters. The Labute approximate surface area is 78.9 Å². The van der Waals surface area contributed by atoms with Crippen molar-refractivity contribution in [3.05, 3.63) is 71.8 Å². The molecule has 0 amide bonds. The smallest absolute Gasteiger partial charge is 0.00258 e. The van der Waals surface area contributed by atoms with E-state index in [2.05, 4.69) is 60.7 Å². The fourth-order valence-corrected chi connectivity index (χ4v) is 1.43. The van der Waals surface area contributed by atoms with Gasteiger partial charge >= 0.3 is 0 Å². The lowest BCUT2D eigenvalue weighted by Crippen LogP contribution is -1.85. The summed E-state index contributed by atoms with van der Waals surface area (Å²) in [6, 6.07) is 21.1. The van der Waals surface area contributed by atoms with Crippen LogP contribution in [0.25, 0.3) is 0 Å². The van der Waals surface area contributed by atoms with Crippen LogP contribution in [0.1, 0.15) is 11.1 Å². The van der Waals surface area contributed by atoms with Gasteiger partial charge in [0.2, 0.25) is 0 Å². The van der Waals surface area contributed by atoms with E-state index in [0.29, 0.717) is 0 Å². The van der Waals surface area contributed by atoms with Gasteiger partial charge in [-0.2, -0.15) is 0 Å². The molecule has 0 aliphatic rings. The van der Waals surface area contributed by atoms with Crippen LogP contribution in [0.15, 0.2) is 60.7 Å². The monoisotopic (exact) mass is 169 g/mol.